The third-order valence-electron chi connectivity index (χ3n) is 3.53. The largest absolute Gasteiger partial charge is 0.351 e. The highest BCUT2D eigenvalue weighted by Crippen LogP contribution is 2.17. The number of carbonyl (C=O) groups is 1. The highest BCUT2D eigenvalue weighted by molar-refractivity contribution is 7.16. The molecule has 8 heteroatoms. The number of rotatable bonds is 5. The first-order valence-corrected chi connectivity index (χ1v) is 7.93. The number of nitrogens with zero attached hydrogens (tertiary/aromatic N) is 2. The Morgan fingerprint density at radius 1 is 1.50 bits per heavy atom. The lowest BCUT2D eigenvalue weighted by Gasteiger charge is -2.22. The fourth-order valence-electron chi connectivity index (χ4n) is 2.28. The molecular formula is C14H17N3O4S. The summed E-state index contributed by atoms with van der Waals surface area (Å²) < 4.78 is 12.3. The van der Waals surface area contributed by atoms with Crippen LogP contribution in [0.1, 0.15) is 13.3 Å². The molecule has 0 aromatic carbocycles. The number of amides is 1. The Hall–Kier alpha value is -1.77. The summed E-state index contributed by atoms with van der Waals surface area (Å²) in [4.78, 5) is 29.0. The lowest BCUT2D eigenvalue weighted by atomic mass is 10.3. The van der Waals surface area contributed by atoms with Crippen molar-refractivity contribution in [3.8, 4) is 0 Å². The predicted octanol–water partition coefficient (Wildman–Crippen LogP) is 0.727. The zero-order valence-electron chi connectivity index (χ0n) is 12.2. The number of nitrogens with one attached hydrogen (secondary N) is 1. The van der Waals surface area contributed by atoms with E-state index in [9.17, 15) is 9.59 Å². The Kier molecular flexibility index (Phi) is 4.23. The highest BCUT2D eigenvalue weighted by Gasteiger charge is 2.31. The summed E-state index contributed by atoms with van der Waals surface area (Å²) in [7, 11) is 0. The summed E-state index contributed by atoms with van der Waals surface area (Å²) in [6.45, 7) is 3.45. The van der Waals surface area contributed by atoms with E-state index in [1.165, 1.54) is 22.2 Å². The van der Waals surface area contributed by atoms with E-state index in [4.69, 9.17) is 9.47 Å². The van der Waals surface area contributed by atoms with E-state index >= 15 is 0 Å². The van der Waals surface area contributed by atoms with Crippen LogP contribution < -0.4 is 10.9 Å². The molecule has 2 aromatic rings. The molecule has 0 radical (unpaired) electrons. The van der Waals surface area contributed by atoms with Gasteiger partial charge in [-0.25, -0.2) is 4.98 Å². The molecular weight excluding hydrogens is 306 g/mol. The first-order valence-electron chi connectivity index (χ1n) is 7.05. The molecule has 2 aromatic heterocycles. The summed E-state index contributed by atoms with van der Waals surface area (Å²) in [5, 5.41) is 5.19. The fourth-order valence-corrected chi connectivity index (χ4v) is 3.00. The van der Waals surface area contributed by atoms with Crippen LogP contribution in [0.4, 0.5) is 0 Å². The van der Waals surface area contributed by atoms with Crippen LogP contribution in [0.3, 0.4) is 0 Å². The minimum absolute atomic E-state index is 0.117. The Morgan fingerprint density at radius 3 is 3.05 bits per heavy atom. The van der Waals surface area contributed by atoms with Crippen LogP contribution in [0.15, 0.2) is 22.6 Å². The number of thiophene rings is 1. The molecule has 0 spiro atoms. The molecule has 118 valence electrons. The van der Waals surface area contributed by atoms with Crippen molar-refractivity contribution in [3.05, 3.63) is 28.1 Å². The maximum atomic E-state index is 12.2. The molecule has 3 rings (SSSR count). The summed E-state index contributed by atoms with van der Waals surface area (Å²) in [6, 6.07) is 1.75. The van der Waals surface area contributed by atoms with Crippen molar-refractivity contribution in [1.82, 2.24) is 14.9 Å². The van der Waals surface area contributed by atoms with E-state index in [-0.39, 0.29) is 17.9 Å². The van der Waals surface area contributed by atoms with Crippen LogP contribution in [-0.4, -0.2) is 41.0 Å². The quantitative estimate of drug-likeness (QED) is 0.877. The first kappa shape index (κ1) is 15.1. The minimum Gasteiger partial charge on any atom is -0.351 e. The van der Waals surface area contributed by atoms with Gasteiger partial charge in [-0.15, -0.1) is 11.3 Å². The van der Waals surface area contributed by atoms with Crippen molar-refractivity contribution >= 4 is 27.5 Å². The van der Waals surface area contributed by atoms with Gasteiger partial charge in [0.25, 0.3) is 5.56 Å². The van der Waals surface area contributed by atoms with Crippen LogP contribution in [0.2, 0.25) is 0 Å². The number of carbonyl (C=O) groups excluding carboxylic acids is 1. The minimum atomic E-state index is -0.746. The second-order valence-electron chi connectivity index (χ2n) is 5.24. The van der Waals surface area contributed by atoms with Crippen molar-refractivity contribution in [3.63, 3.8) is 0 Å². The van der Waals surface area contributed by atoms with E-state index < -0.39 is 5.79 Å². The van der Waals surface area contributed by atoms with Crippen molar-refractivity contribution in [1.29, 1.82) is 0 Å². The molecule has 1 N–H and O–H groups in total. The van der Waals surface area contributed by atoms with Gasteiger partial charge in [0.15, 0.2) is 5.79 Å². The number of aryl methyl sites for hydroxylation is 1. The average molecular weight is 323 g/mol. The SMILES string of the molecule is CC1(CNC(=O)CCn2cnc3sccc3c2=O)OCCO1. The van der Waals surface area contributed by atoms with Gasteiger partial charge in [-0.3, -0.25) is 14.2 Å². The molecule has 1 saturated heterocycles. The Bertz CT molecular complexity index is 733. The fraction of sp³-hybridized carbons (Fsp3) is 0.500. The maximum absolute atomic E-state index is 12.2. The van der Waals surface area contributed by atoms with Gasteiger partial charge in [-0.05, 0) is 18.4 Å². The zero-order chi connectivity index (χ0) is 15.6. The summed E-state index contributed by atoms with van der Waals surface area (Å²) in [5.41, 5.74) is -0.117. The Morgan fingerprint density at radius 2 is 2.27 bits per heavy atom. The second kappa shape index (κ2) is 6.15. The van der Waals surface area contributed by atoms with E-state index in [1.807, 2.05) is 5.38 Å². The zero-order valence-corrected chi connectivity index (χ0v) is 13.0. The smallest absolute Gasteiger partial charge is 0.262 e. The van der Waals surface area contributed by atoms with Gasteiger partial charge in [-0.1, -0.05) is 0 Å². The lowest BCUT2D eigenvalue weighted by Crippen LogP contribution is -2.41. The molecule has 0 saturated carbocycles. The van der Waals surface area contributed by atoms with Gasteiger partial charge in [0.2, 0.25) is 5.91 Å². The number of aromatic nitrogens is 2. The topological polar surface area (TPSA) is 82.5 Å². The van der Waals surface area contributed by atoms with Crippen LogP contribution in [-0.2, 0) is 20.8 Å². The molecule has 1 aliphatic heterocycles. The standard InChI is InChI=1S/C14H17N3O4S/c1-14(20-5-6-21-14)8-15-11(18)2-4-17-9-16-12-10(13(17)19)3-7-22-12/h3,7,9H,2,4-6,8H2,1H3,(H,15,18). The Labute approximate surface area is 130 Å². The third kappa shape index (κ3) is 3.18. The van der Waals surface area contributed by atoms with Gasteiger partial charge in [-0.2, -0.15) is 0 Å². The van der Waals surface area contributed by atoms with Crippen molar-refractivity contribution < 1.29 is 14.3 Å². The molecule has 7 nitrogen and oxygen atoms in total. The summed E-state index contributed by atoms with van der Waals surface area (Å²) in [6.07, 6.45) is 1.69. The van der Waals surface area contributed by atoms with Gasteiger partial charge in [0, 0.05) is 13.0 Å². The van der Waals surface area contributed by atoms with Gasteiger partial charge in [0.1, 0.15) is 4.83 Å². The normalized spacial score (nSPS) is 17.0. The van der Waals surface area contributed by atoms with Crippen molar-refractivity contribution in [2.45, 2.75) is 25.7 Å². The van der Waals surface area contributed by atoms with E-state index in [2.05, 4.69) is 10.3 Å². The molecule has 0 bridgehead atoms. The summed E-state index contributed by atoms with van der Waals surface area (Å²) >= 11 is 1.42. The molecule has 1 aliphatic rings. The van der Waals surface area contributed by atoms with Crippen LogP contribution in [0, 0.1) is 0 Å². The molecule has 0 atom stereocenters. The lowest BCUT2D eigenvalue weighted by molar-refractivity contribution is -0.145. The van der Waals surface area contributed by atoms with Gasteiger partial charge < -0.3 is 14.8 Å². The van der Waals surface area contributed by atoms with E-state index in [0.717, 1.165) is 0 Å². The van der Waals surface area contributed by atoms with Gasteiger partial charge >= 0.3 is 0 Å². The number of hydrogen-bond donors (Lipinski definition) is 1. The highest BCUT2D eigenvalue weighted by atomic mass is 32.1. The molecule has 22 heavy (non-hydrogen) atoms. The number of fused-ring (bicyclic) bond motifs is 1. The second-order valence-corrected chi connectivity index (χ2v) is 6.13. The number of hydrogen-bond acceptors (Lipinski definition) is 6. The van der Waals surface area contributed by atoms with Crippen LogP contribution >= 0.6 is 11.3 Å². The Balaban J connectivity index is 1.56. The van der Waals surface area contributed by atoms with Crippen molar-refractivity contribution in [2.24, 2.45) is 0 Å². The first-order chi connectivity index (χ1) is 10.6. The van der Waals surface area contributed by atoms with E-state index in [1.54, 1.807) is 13.0 Å². The van der Waals surface area contributed by atoms with Crippen LogP contribution in [0.5, 0.6) is 0 Å². The molecule has 3 heterocycles. The van der Waals surface area contributed by atoms with E-state index in [0.29, 0.717) is 36.5 Å². The number of ether oxygens (including phenoxy) is 2. The molecule has 1 fully saturated rings. The van der Waals surface area contributed by atoms with Crippen LogP contribution in [0.25, 0.3) is 10.2 Å². The molecule has 1 amide bonds. The molecule has 0 aliphatic carbocycles. The third-order valence-corrected chi connectivity index (χ3v) is 4.36. The molecule has 0 unspecified atom stereocenters. The monoisotopic (exact) mass is 323 g/mol. The summed E-state index contributed by atoms with van der Waals surface area (Å²) in [5.74, 6) is -0.901. The van der Waals surface area contributed by atoms with Gasteiger partial charge in [0.05, 0.1) is 31.5 Å². The average Bonchev–Trinajstić information content (AvgIpc) is 3.14. The predicted molar refractivity (Wildman–Crippen MR) is 81.8 cm³/mol. The maximum Gasteiger partial charge on any atom is 0.262 e. The van der Waals surface area contributed by atoms with Crippen molar-refractivity contribution in [2.75, 3.05) is 19.8 Å².